The molecule has 1 aromatic rings. The van der Waals surface area contributed by atoms with Gasteiger partial charge in [-0.25, -0.2) is 0 Å². The number of hydrogen-bond acceptors (Lipinski definition) is 1. The maximum Gasteiger partial charge on any atom is 0.0516 e. The molecule has 0 bridgehead atoms. The van der Waals surface area contributed by atoms with Gasteiger partial charge in [-0.05, 0) is 18.1 Å². The Bertz CT molecular complexity index is 341. The molecular formula is C11H11N. The molecule has 0 amide bonds. The topological polar surface area (TPSA) is 12.0 Å². The SMILES string of the molecule is C1=CC2Nc3ccccc3C2C1. The molecule has 1 aliphatic carbocycles. The summed E-state index contributed by atoms with van der Waals surface area (Å²) in [6.07, 6.45) is 5.76. The number of anilines is 1. The lowest BCUT2D eigenvalue weighted by Gasteiger charge is -2.07. The van der Waals surface area contributed by atoms with Crippen LogP contribution in [0.1, 0.15) is 17.9 Å². The van der Waals surface area contributed by atoms with Crippen molar-refractivity contribution in [3.8, 4) is 0 Å². The third kappa shape index (κ3) is 0.685. The first-order valence-electron chi connectivity index (χ1n) is 4.47. The summed E-state index contributed by atoms with van der Waals surface area (Å²) in [6, 6.07) is 9.20. The lowest BCUT2D eigenvalue weighted by atomic mass is 9.97. The Balaban J connectivity index is 2.12. The Morgan fingerprint density at radius 2 is 2.17 bits per heavy atom. The van der Waals surface area contributed by atoms with Gasteiger partial charge in [-0.2, -0.15) is 0 Å². The van der Waals surface area contributed by atoms with Gasteiger partial charge in [0.25, 0.3) is 0 Å². The molecule has 60 valence electrons. The zero-order valence-electron chi connectivity index (χ0n) is 6.83. The monoisotopic (exact) mass is 157 g/mol. The second kappa shape index (κ2) is 2.13. The first-order chi connectivity index (χ1) is 5.95. The van der Waals surface area contributed by atoms with E-state index in [4.69, 9.17) is 0 Å². The first kappa shape index (κ1) is 6.30. The predicted molar refractivity (Wildman–Crippen MR) is 50.4 cm³/mol. The van der Waals surface area contributed by atoms with Crippen molar-refractivity contribution >= 4 is 5.69 Å². The van der Waals surface area contributed by atoms with Gasteiger partial charge >= 0.3 is 0 Å². The zero-order chi connectivity index (χ0) is 7.97. The molecule has 0 radical (unpaired) electrons. The van der Waals surface area contributed by atoms with E-state index in [-0.39, 0.29) is 0 Å². The Morgan fingerprint density at radius 3 is 3.17 bits per heavy atom. The van der Waals surface area contributed by atoms with E-state index in [1.165, 1.54) is 17.7 Å². The van der Waals surface area contributed by atoms with Gasteiger partial charge in [0.05, 0.1) is 6.04 Å². The number of benzene rings is 1. The zero-order valence-corrected chi connectivity index (χ0v) is 6.83. The van der Waals surface area contributed by atoms with E-state index in [0.29, 0.717) is 12.0 Å². The van der Waals surface area contributed by atoms with Crippen molar-refractivity contribution < 1.29 is 0 Å². The number of nitrogens with one attached hydrogen (secondary N) is 1. The minimum absolute atomic E-state index is 0.572. The van der Waals surface area contributed by atoms with Crippen molar-refractivity contribution in [2.75, 3.05) is 5.32 Å². The van der Waals surface area contributed by atoms with Crippen molar-refractivity contribution in [3.63, 3.8) is 0 Å². The maximum atomic E-state index is 3.51. The van der Waals surface area contributed by atoms with Crippen LogP contribution in [0.5, 0.6) is 0 Å². The van der Waals surface area contributed by atoms with Gasteiger partial charge in [-0.3, -0.25) is 0 Å². The van der Waals surface area contributed by atoms with E-state index >= 15 is 0 Å². The quantitative estimate of drug-likeness (QED) is 0.570. The molecule has 0 spiro atoms. The van der Waals surface area contributed by atoms with Crippen molar-refractivity contribution in [2.45, 2.75) is 18.4 Å². The molecule has 2 unspecified atom stereocenters. The fourth-order valence-corrected chi connectivity index (χ4v) is 2.25. The lowest BCUT2D eigenvalue weighted by molar-refractivity contribution is 0.728. The van der Waals surface area contributed by atoms with Gasteiger partial charge in [0.15, 0.2) is 0 Å². The van der Waals surface area contributed by atoms with Crippen LogP contribution in [0, 0.1) is 0 Å². The summed E-state index contributed by atoms with van der Waals surface area (Å²) in [4.78, 5) is 0. The molecular weight excluding hydrogens is 146 g/mol. The highest BCUT2D eigenvalue weighted by atomic mass is 15.0. The van der Waals surface area contributed by atoms with E-state index < -0.39 is 0 Å². The van der Waals surface area contributed by atoms with Crippen molar-refractivity contribution in [1.82, 2.24) is 0 Å². The van der Waals surface area contributed by atoms with Crippen LogP contribution in [-0.2, 0) is 0 Å². The van der Waals surface area contributed by atoms with Crippen LogP contribution in [0.4, 0.5) is 5.69 Å². The summed E-state index contributed by atoms with van der Waals surface area (Å²) >= 11 is 0. The Hall–Kier alpha value is -1.24. The molecule has 1 N–H and O–H groups in total. The molecule has 1 heterocycles. The van der Waals surface area contributed by atoms with Gasteiger partial charge in [-0.1, -0.05) is 30.4 Å². The Labute approximate surface area is 72.1 Å². The molecule has 2 atom stereocenters. The van der Waals surface area contributed by atoms with E-state index in [1.54, 1.807) is 0 Å². The molecule has 0 aromatic heterocycles. The molecule has 12 heavy (non-hydrogen) atoms. The summed E-state index contributed by atoms with van der Waals surface area (Å²) in [6.45, 7) is 0. The summed E-state index contributed by atoms with van der Waals surface area (Å²) in [5.41, 5.74) is 2.82. The second-order valence-electron chi connectivity index (χ2n) is 3.53. The Morgan fingerprint density at radius 1 is 1.25 bits per heavy atom. The van der Waals surface area contributed by atoms with Crippen molar-refractivity contribution in [2.24, 2.45) is 0 Å². The molecule has 1 aromatic carbocycles. The largest absolute Gasteiger partial charge is 0.378 e. The van der Waals surface area contributed by atoms with Crippen LogP contribution in [0.25, 0.3) is 0 Å². The lowest BCUT2D eigenvalue weighted by Crippen LogP contribution is -2.12. The van der Waals surface area contributed by atoms with Crippen molar-refractivity contribution in [3.05, 3.63) is 42.0 Å². The average molecular weight is 157 g/mol. The summed E-state index contributed by atoms with van der Waals surface area (Å²) < 4.78 is 0. The van der Waals surface area contributed by atoms with E-state index in [1.807, 2.05) is 0 Å². The molecule has 1 nitrogen and oxygen atoms in total. The highest BCUT2D eigenvalue weighted by molar-refractivity contribution is 5.61. The smallest absolute Gasteiger partial charge is 0.0516 e. The second-order valence-corrected chi connectivity index (χ2v) is 3.53. The molecule has 0 saturated heterocycles. The number of fused-ring (bicyclic) bond motifs is 3. The summed E-state index contributed by atoms with van der Waals surface area (Å²) in [5.74, 6) is 0.709. The molecule has 1 aliphatic heterocycles. The summed E-state index contributed by atoms with van der Waals surface area (Å²) in [5, 5.41) is 3.51. The van der Waals surface area contributed by atoms with E-state index in [2.05, 4.69) is 41.7 Å². The molecule has 0 saturated carbocycles. The van der Waals surface area contributed by atoms with Gasteiger partial charge in [0.2, 0.25) is 0 Å². The molecule has 2 aliphatic rings. The van der Waals surface area contributed by atoms with Gasteiger partial charge in [0.1, 0.15) is 0 Å². The number of para-hydroxylation sites is 1. The molecule has 3 rings (SSSR count). The standard InChI is InChI=1S/C11H11N/c1-2-6-10-8(4-1)9-5-3-7-11(9)12-10/h1-4,6-7,9,11-12H,5H2. The predicted octanol–water partition coefficient (Wildman–Crippen LogP) is 2.52. The van der Waals surface area contributed by atoms with E-state index in [0.717, 1.165) is 0 Å². The van der Waals surface area contributed by atoms with Gasteiger partial charge < -0.3 is 5.32 Å². The minimum Gasteiger partial charge on any atom is -0.378 e. The average Bonchev–Trinajstić information content (AvgIpc) is 2.62. The highest BCUT2D eigenvalue weighted by Gasteiger charge is 2.31. The molecule has 0 fully saturated rings. The maximum absolute atomic E-state index is 3.51. The van der Waals surface area contributed by atoms with Crippen LogP contribution in [0.2, 0.25) is 0 Å². The normalized spacial score (nSPS) is 29.7. The Kier molecular flexibility index (Phi) is 1.12. The fraction of sp³-hybridized carbons (Fsp3) is 0.273. The minimum atomic E-state index is 0.572. The van der Waals surface area contributed by atoms with Gasteiger partial charge in [-0.15, -0.1) is 0 Å². The van der Waals surface area contributed by atoms with Crippen molar-refractivity contribution in [1.29, 1.82) is 0 Å². The first-order valence-corrected chi connectivity index (χ1v) is 4.47. The van der Waals surface area contributed by atoms with Crippen LogP contribution in [0.15, 0.2) is 36.4 Å². The van der Waals surface area contributed by atoms with Gasteiger partial charge in [0, 0.05) is 11.6 Å². The van der Waals surface area contributed by atoms with E-state index in [9.17, 15) is 0 Å². The third-order valence-corrected chi connectivity index (χ3v) is 2.85. The fourth-order valence-electron chi connectivity index (χ4n) is 2.25. The third-order valence-electron chi connectivity index (χ3n) is 2.85. The van der Waals surface area contributed by atoms with Crippen LogP contribution in [0.3, 0.4) is 0 Å². The number of rotatable bonds is 0. The van der Waals surface area contributed by atoms with Crippen LogP contribution >= 0.6 is 0 Å². The highest BCUT2D eigenvalue weighted by Crippen LogP contribution is 2.41. The van der Waals surface area contributed by atoms with Crippen LogP contribution in [-0.4, -0.2) is 6.04 Å². The number of allylic oxidation sites excluding steroid dienone is 1. The summed E-state index contributed by atoms with van der Waals surface area (Å²) in [7, 11) is 0. The van der Waals surface area contributed by atoms with Crippen LogP contribution < -0.4 is 5.32 Å². The molecule has 1 heteroatoms. The number of hydrogen-bond donors (Lipinski definition) is 1.